The van der Waals surface area contributed by atoms with E-state index in [4.69, 9.17) is 14.8 Å². The number of benzene rings is 1. The highest BCUT2D eigenvalue weighted by Crippen LogP contribution is 2.23. The van der Waals surface area contributed by atoms with Crippen LogP contribution in [0.5, 0.6) is 0 Å². The Kier molecular flexibility index (Phi) is 7.16. The van der Waals surface area contributed by atoms with E-state index in [0.717, 1.165) is 6.26 Å². The van der Waals surface area contributed by atoms with E-state index < -0.39 is 26.6 Å². The van der Waals surface area contributed by atoms with Gasteiger partial charge in [0.15, 0.2) is 9.84 Å². The van der Waals surface area contributed by atoms with Crippen LogP contribution in [-0.2, 0) is 21.1 Å². The number of carbonyl (C=O) groups is 1. The summed E-state index contributed by atoms with van der Waals surface area (Å²) in [5, 5.41) is 31.1. The van der Waals surface area contributed by atoms with Crippen molar-refractivity contribution in [2.45, 2.75) is 30.6 Å². The molecule has 1 heterocycles. The normalized spacial score (nSPS) is 14.4. The van der Waals surface area contributed by atoms with Crippen LogP contribution in [0.25, 0.3) is 0 Å². The number of aliphatic hydroxyl groups excluding tert-OH is 2. The van der Waals surface area contributed by atoms with Crippen LogP contribution >= 0.6 is 0 Å². The molecule has 0 aliphatic rings. The Balaban J connectivity index is 2.08. The van der Waals surface area contributed by atoms with Gasteiger partial charge in [-0.2, -0.15) is 0 Å². The summed E-state index contributed by atoms with van der Waals surface area (Å²) < 4.78 is 27.2. The number of amides is 1. The molecule has 0 saturated carbocycles. The first kappa shape index (κ1) is 22.6. The van der Waals surface area contributed by atoms with Gasteiger partial charge >= 0.3 is 0 Å². The first-order valence-corrected chi connectivity index (χ1v) is 10.5. The van der Waals surface area contributed by atoms with E-state index in [0.29, 0.717) is 16.8 Å². The lowest BCUT2D eigenvalue weighted by molar-refractivity contribution is -0.131. The van der Waals surface area contributed by atoms with Gasteiger partial charge in [0.05, 0.1) is 12.3 Å². The second-order valence-corrected chi connectivity index (χ2v) is 9.14. The number of hydrogen-bond acceptors (Lipinski definition) is 8. The van der Waals surface area contributed by atoms with Gasteiger partial charge in [0.25, 0.3) is 5.91 Å². The average molecular weight is 422 g/mol. The summed E-state index contributed by atoms with van der Waals surface area (Å²) in [6, 6.07) is 8.20. The van der Waals surface area contributed by atoms with Gasteiger partial charge in [-0.3, -0.25) is 10.0 Å². The van der Waals surface area contributed by atoms with Crippen LogP contribution in [0, 0.1) is 11.8 Å². The third-order valence-electron chi connectivity index (χ3n) is 4.62. The topological polar surface area (TPSA) is 150 Å². The molecule has 0 saturated heterocycles. The lowest BCUT2D eigenvalue weighted by atomic mass is 10.0. The van der Waals surface area contributed by atoms with Crippen molar-refractivity contribution in [2.24, 2.45) is 0 Å². The third-order valence-corrected chi connectivity index (χ3v) is 6.64. The lowest BCUT2D eigenvalue weighted by Crippen LogP contribution is -2.49. The molecule has 0 unspecified atom stereocenters. The fourth-order valence-corrected chi connectivity index (χ4v) is 3.32. The fraction of sp³-hybridized carbons (Fsp3) is 0.368. The van der Waals surface area contributed by atoms with E-state index in [1.807, 2.05) is 0 Å². The van der Waals surface area contributed by atoms with Gasteiger partial charge in [0, 0.05) is 17.9 Å². The number of aryl methyl sites for hydroxylation is 1. The minimum Gasteiger partial charge on any atom is -0.393 e. The molecule has 0 aliphatic carbocycles. The zero-order valence-corrected chi connectivity index (χ0v) is 16.7. The number of aliphatic hydroxyl groups is 2. The smallest absolute Gasteiger partial charge is 0.264 e. The van der Waals surface area contributed by atoms with Crippen LogP contribution < -0.4 is 5.48 Å². The van der Waals surface area contributed by atoms with Crippen LogP contribution in [0.2, 0.25) is 0 Å². The van der Waals surface area contributed by atoms with Gasteiger partial charge < -0.3 is 14.7 Å². The standard InChI is InChI=1S/C19H22N2O7S/c1-19(18(24)20-25,29(2,26)27)10-9-15-11-16(28-21-15)8-5-13-3-6-14(7-4-13)17(23)12-22/h3-4,6-7,11,17,22-23,25H,9-10,12H2,1-2H3,(H,20,24)/t17-,19+/m0/s1. The maximum atomic E-state index is 12.0. The number of nitrogens with one attached hydrogen (secondary N) is 1. The van der Waals surface area contributed by atoms with E-state index in [2.05, 4.69) is 17.0 Å². The second kappa shape index (κ2) is 9.19. The number of hydrogen-bond donors (Lipinski definition) is 4. The Morgan fingerprint density at radius 3 is 2.52 bits per heavy atom. The van der Waals surface area contributed by atoms with Gasteiger partial charge in [-0.25, -0.2) is 13.9 Å². The molecule has 1 aromatic heterocycles. The van der Waals surface area contributed by atoms with Crippen molar-refractivity contribution in [3.63, 3.8) is 0 Å². The van der Waals surface area contributed by atoms with E-state index in [1.165, 1.54) is 18.5 Å². The van der Waals surface area contributed by atoms with E-state index in [9.17, 15) is 18.3 Å². The summed E-state index contributed by atoms with van der Waals surface area (Å²) in [6.45, 7) is 0.857. The Labute approximate surface area is 168 Å². The van der Waals surface area contributed by atoms with E-state index in [1.54, 1.807) is 24.3 Å². The van der Waals surface area contributed by atoms with Gasteiger partial charge in [0.1, 0.15) is 10.9 Å². The van der Waals surface area contributed by atoms with E-state index >= 15 is 0 Å². The largest absolute Gasteiger partial charge is 0.393 e. The van der Waals surface area contributed by atoms with Crippen LogP contribution in [0.15, 0.2) is 34.9 Å². The van der Waals surface area contributed by atoms with Gasteiger partial charge in [0.2, 0.25) is 5.76 Å². The molecule has 0 radical (unpaired) electrons. The molecule has 2 aromatic rings. The molecule has 9 nitrogen and oxygen atoms in total. The highest BCUT2D eigenvalue weighted by molar-refractivity contribution is 7.92. The Morgan fingerprint density at radius 2 is 1.97 bits per heavy atom. The minimum absolute atomic E-state index is 0.105. The molecule has 2 atom stereocenters. The highest BCUT2D eigenvalue weighted by Gasteiger charge is 2.43. The van der Waals surface area contributed by atoms with Crippen LogP contribution in [0.1, 0.15) is 42.0 Å². The zero-order chi connectivity index (χ0) is 21.7. The first-order valence-electron chi connectivity index (χ1n) is 8.61. The van der Waals surface area contributed by atoms with Crippen molar-refractivity contribution < 1.29 is 33.2 Å². The summed E-state index contributed by atoms with van der Waals surface area (Å²) in [4.78, 5) is 11.8. The number of sulfone groups is 1. The minimum atomic E-state index is -3.79. The summed E-state index contributed by atoms with van der Waals surface area (Å²) in [5.41, 5.74) is 3.03. The molecule has 156 valence electrons. The Bertz CT molecular complexity index is 1020. The molecular formula is C19H22N2O7S. The molecule has 2 rings (SSSR count). The lowest BCUT2D eigenvalue weighted by Gasteiger charge is -2.24. The maximum Gasteiger partial charge on any atom is 0.264 e. The Hall–Kier alpha value is -2.71. The van der Waals surface area contributed by atoms with Gasteiger partial charge in [-0.1, -0.05) is 23.2 Å². The predicted molar refractivity (Wildman–Crippen MR) is 102 cm³/mol. The summed E-state index contributed by atoms with van der Waals surface area (Å²) in [7, 11) is -3.79. The maximum absolute atomic E-state index is 12.0. The number of hydroxylamine groups is 1. The SMILES string of the molecule is C[C@@](CCc1cc(C#Cc2ccc([C@@H](O)CO)cc2)on1)(C(=O)NO)S(C)(=O)=O. The van der Waals surface area contributed by atoms with Crippen LogP contribution in [0.3, 0.4) is 0 Å². The van der Waals surface area contributed by atoms with Crippen molar-refractivity contribution in [1.29, 1.82) is 0 Å². The highest BCUT2D eigenvalue weighted by atomic mass is 32.2. The second-order valence-electron chi connectivity index (χ2n) is 6.70. The fourth-order valence-electron chi connectivity index (χ4n) is 2.47. The zero-order valence-electron chi connectivity index (χ0n) is 15.9. The monoisotopic (exact) mass is 422 g/mol. The van der Waals surface area contributed by atoms with Crippen molar-refractivity contribution >= 4 is 15.7 Å². The number of nitrogens with zero attached hydrogens (tertiary/aromatic N) is 1. The van der Waals surface area contributed by atoms with E-state index in [-0.39, 0.29) is 25.2 Å². The van der Waals surface area contributed by atoms with Gasteiger partial charge in [-0.05, 0) is 43.4 Å². The van der Waals surface area contributed by atoms with Gasteiger partial charge in [-0.15, -0.1) is 0 Å². The summed E-state index contributed by atoms with van der Waals surface area (Å²) >= 11 is 0. The molecule has 0 spiro atoms. The number of rotatable bonds is 7. The first-order chi connectivity index (χ1) is 13.6. The molecule has 29 heavy (non-hydrogen) atoms. The van der Waals surface area contributed by atoms with Crippen LogP contribution in [-0.4, -0.2) is 52.5 Å². The molecule has 4 N–H and O–H groups in total. The molecule has 10 heteroatoms. The molecule has 0 aliphatic heterocycles. The third kappa shape index (κ3) is 5.42. The number of aromatic nitrogens is 1. The molecule has 0 fully saturated rings. The van der Waals surface area contributed by atoms with Crippen molar-refractivity contribution in [2.75, 3.05) is 12.9 Å². The quantitative estimate of drug-likeness (QED) is 0.283. The molecular weight excluding hydrogens is 400 g/mol. The van der Waals surface area contributed by atoms with Crippen molar-refractivity contribution in [3.8, 4) is 11.8 Å². The number of carbonyl (C=O) groups excluding carboxylic acids is 1. The molecule has 1 amide bonds. The summed E-state index contributed by atoms with van der Waals surface area (Å²) in [6.07, 6.45) is -0.00558. The predicted octanol–water partition coefficient (Wildman–Crippen LogP) is 0.341. The average Bonchev–Trinajstić information content (AvgIpc) is 3.16. The molecule has 0 bridgehead atoms. The van der Waals surface area contributed by atoms with Crippen LogP contribution in [0.4, 0.5) is 0 Å². The molecule has 1 aromatic carbocycles. The van der Waals surface area contributed by atoms with Crippen molar-refractivity contribution in [1.82, 2.24) is 10.6 Å². The summed E-state index contributed by atoms with van der Waals surface area (Å²) in [5.74, 6) is 4.88. The Morgan fingerprint density at radius 1 is 1.31 bits per heavy atom. The van der Waals surface area contributed by atoms with Crippen molar-refractivity contribution in [3.05, 3.63) is 52.9 Å².